The summed E-state index contributed by atoms with van der Waals surface area (Å²) < 4.78 is 0. The van der Waals surface area contributed by atoms with Crippen molar-refractivity contribution in [3.8, 4) is 0 Å². The molecule has 0 aliphatic heterocycles. The van der Waals surface area contributed by atoms with Gasteiger partial charge >= 0.3 is 0 Å². The minimum Gasteiger partial charge on any atom is -0.145 e. The highest BCUT2D eigenvalue weighted by Crippen LogP contribution is 2.11. The van der Waals surface area contributed by atoms with Crippen LogP contribution in [0.25, 0.3) is 0 Å². The molecule has 0 aromatic carbocycles. The molecule has 0 spiro atoms. The molecule has 0 bridgehead atoms. The Balaban J connectivity index is 3.14. The first kappa shape index (κ1) is 8.09. The molecule has 0 aromatic heterocycles. The Bertz CT molecular complexity index is 47.4. The summed E-state index contributed by atoms with van der Waals surface area (Å²) in [5.74, 6) is 0. The Labute approximate surface area is 59.8 Å². The van der Waals surface area contributed by atoms with Crippen molar-refractivity contribution in [3.63, 3.8) is 0 Å². The first-order valence-electron chi connectivity index (χ1n) is 2.00. The van der Waals surface area contributed by atoms with E-state index < -0.39 is 7.42 Å². The molecule has 43 valence electrons. The van der Waals surface area contributed by atoms with Gasteiger partial charge in [0, 0.05) is 0 Å². The molecule has 0 saturated heterocycles. The molecule has 0 heterocycles. The summed E-state index contributed by atoms with van der Waals surface area (Å²) >= 11 is 16.5. The van der Waals surface area contributed by atoms with E-state index in [1.807, 2.05) is 6.92 Å². The van der Waals surface area contributed by atoms with Crippen molar-refractivity contribution in [2.24, 2.45) is 0 Å². The monoisotopic (exact) mass is 175 g/mol. The molecule has 0 aliphatic carbocycles. The van der Waals surface area contributed by atoms with E-state index in [2.05, 4.69) is 0 Å². The molecule has 1 unspecified atom stereocenters. The van der Waals surface area contributed by atoms with Crippen LogP contribution in [0, 0.1) is 0 Å². The first-order chi connectivity index (χ1) is 3.18. The van der Waals surface area contributed by atoms with Crippen LogP contribution in [0.3, 0.4) is 0 Å². The standard InChI is InChI=1S/C3H6Cl3Si/c1-2-3(4)7(5)6/h3H,2H2,1H3. The summed E-state index contributed by atoms with van der Waals surface area (Å²) in [5, 5.41) is 0.00772. The fourth-order valence-electron chi connectivity index (χ4n) is 0.154. The van der Waals surface area contributed by atoms with Gasteiger partial charge in [-0.2, -0.15) is 0 Å². The van der Waals surface area contributed by atoms with Gasteiger partial charge in [-0.3, -0.25) is 0 Å². The molecule has 0 N–H and O–H groups in total. The van der Waals surface area contributed by atoms with E-state index >= 15 is 0 Å². The van der Waals surface area contributed by atoms with Gasteiger partial charge in [0.05, 0.1) is 5.00 Å². The van der Waals surface area contributed by atoms with Crippen LogP contribution in [0.4, 0.5) is 0 Å². The Morgan fingerprint density at radius 2 is 2.00 bits per heavy atom. The second-order valence-corrected chi connectivity index (χ2v) is 6.36. The largest absolute Gasteiger partial charge is 0.292 e. The fraction of sp³-hybridized carbons (Fsp3) is 1.00. The third-order valence-electron chi connectivity index (χ3n) is 0.595. The molecule has 0 aliphatic rings. The maximum Gasteiger partial charge on any atom is 0.292 e. The maximum absolute atomic E-state index is 5.58. The number of rotatable bonds is 2. The summed E-state index contributed by atoms with van der Waals surface area (Å²) in [6.07, 6.45) is 0.864. The third kappa shape index (κ3) is 3.65. The van der Waals surface area contributed by atoms with E-state index in [1.54, 1.807) is 0 Å². The fourth-order valence-corrected chi connectivity index (χ4v) is 1.39. The van der Waals surface area contributed by atoms with Crippen LogP contribution < -0.4 is 0 Å². The van der Waals surface area contributed by atoms with Crippen molar-refractivity contribution in [2.75, 3.05) is 0 Å². The minimum atomic E-state index is -1.25. The van der Waals surface area contributed by atoms with Gasteiger partial charge in [0.25, 0.3) is 7.42 Å². The lowest BCUT2D eigenvalue weighted by Crippen LogP contribution is -2.11. The normalized spacial score (nSPS) is 15.0. The number of halogens is 3. The molecule has 1 radical (unpaired) electrons. The van der Waals surface area contributed by atoms with E-state index in [0.717, 1.165) is 6.42 Å². The predicted molar refractivity (Wildman–Crippen MR) is 37.4 cm³/mol. The molecule has 1 atom stereocenters. The molecular formula is C3H6Cl3Si. The molecule has 0 aromatic rings. The zero-order valence-electron chi connectivity index (χ0n) is 3.92. The number of hydrogen-bond acceptors (Lipinski definition) is 0. The second-order valence-electron chi connectivity index (χ2n) is 1.17. The summed E-state index contributed by atoms with van der Waals surface area (Å²) in [6, 6.07) is 0. The highest BCUT2D eigenvalue weighted by Gasteiger charge is 2.13. The van der Waals surface area contributed by atoms with Crippen LogP contribution in [0.1, 0.15) is 13.3 Å². The molecule has 0 saturated carbocycles. The van der Waals surface area contributed by atoms with Gasteiger partial charge in [0.1, 0.15) is 0 Å². The highest BCUT2D eigenvalue weighted by atomic mass is 35.7. The Morgan fingerprint density at radius 1 is 1.57 bits per heavy atom. The van der Waals surface area contributed by atoms with E-state index in [0.29, 0.717) is 0 Å². The second kappa shape index (κ2) is 4.01. The quantitative estimate of drug-likeness (QED) is 0.345. The summed E-state index contributed by atoms with van der Waals surface area (Å²) in [5.41, 5.74) is 0. The molecule has 4 heteroatoms. The average molecular weight is 177 g/mol. The van der Waals surface area contributed by atoms with Crippen LogP contribution in [0.2, 0.25) is 0 Å². The Kier molecular flexibility index (Phi) is 4.64. The molecule has 0 fully saturated rings. The van der Waals surface area contributed by atoms with Crippen molar-refractivity contribution in [1.82, 2.24) is 0 Å². The van der Waals surface area contributed by atoms with Crippen molar-refractivity contribution in [3.05, 3.63) is 0 Å². The molecule has 7 heavy (non-hydrogen) atoms. The molecular weight excluding hydrogens is 170 g/mol. The van der Waals surface area contributed by atoms with Gasteiger partial charge in [-0.05, 0) is 6.42 Å². The van der Waals surface area contributed by atoms with Crippen LogP contribution in [-0.4, -0.2) is 12.4 Å². The van der Waals surface area contributed by atoms with Crippen LogP contribution in [0.5, 0.6) is 0 Å². The van der Waals surface area contributed by atoms with E-state index in [9.17, 15) is 0 Å². The third-order valence-corrected chi connectivity index (χ3v) is 4.69. The average Bonchev–Trinajstić information content (AvgIpc) is 1.65. The number of alkyl halides is 1. The Hall–Kier alpha value is 1.09. The minimum absolute atomic E-state index is 0.00772. The van der Waals surface area contributed by atoms with E-state index in [1.165, 1.54) is 0 Å². The van der Waals surface area contributed by atoms with Crippen molar-refractivity contribution in [1.29, 1.82) is 0 Å². The zero-order valence-corrected chi connectivity index (χ0v) is 7.19. The summed E-state index contributed by atoms with van der Waals surface area (Å²) in [7, 11) is -1.25. The summed E-state index contributed by atoms with van der Waals surface area (Å²) in [4.78, 5) is 0. The van der Waals surface area contributed by atoms with Crippen molar-refractivity contribution < 1.29 is 0 Å². The lowest BCUT2D eigenvalue weighted by molar-refractivity contribution is 1.03. The maximum atomic E-state index is 5.58. The van der Waals surface area contributed by atoms with Crippen LogP contribution in [-0.2, 0) is 0 Å². The van der Waals surface area contributed by atoms with Gasteiger partial charge in [-0.25, -0.2) is 0 Å². The van der Waals surface area contributed by atoms with Crippen molar-refractivity contribution >= 4 is 41.2 Å². The smallest absolute Gasteiger partial charge is 0.145 e. The summed E-state index contributed by atoms with van der Waals surface area (Å²) in [6.45, 7) is 1.97. The van der Waals surface area contributed by atoms with Crippen molar-refractivity contribution in [2.45, 2.75) is 18.3 Å². The van der Waals surface area contributed by atoms with Gasteiger partial charge in [-0.15, -0.1) is 33.8 Å². The molecule has 0 rings (SSSR count). The topological polar surface area (TPSA) is 0 Å². The lowest BCUT2D eigenvalue weighted by Gasteiger charge is -2.00. The molecule has 0 nitrogen and oxygen atoms in total. The van der Waals surface area contributed by atoms with Crippen LogP contribution >= 0.6 is 33.8 Å². The van der Waals surface area contributed by atoms with E-state index in [-0.39, 0.29) is 5.00 Å². The SMILES string of the molecule is CCC(Cl)[Si](Cl)Cl. The first-order valence-corrected chi connectivity index (χ1v) is 6.04. The van der Waals surface area contributed by atoms with Gasteiger partial charge in [-0.1, -0.05) is 6.92 Å². The number of hydrogen-bond donors (Lipinski definition) is 0. The molecule has 0 amide bonds. The van der Waals surface area contributed by atoms with E-state index in [4.69, 9.17) is 33.8 Å². The highest BCUT2D eigenvalue weighted by molar-refractivity contribution is 7.36. The Morgan fingerprint density at radius 3 is 2.00 bits per heavy atom. The lowest BCUT2D eigenvalue weighted by atomic mass is 10.6. The predicted octanol–water partition coefficient (Wildman–Crippen LogP) is 2.51. The van der Waals surface area contributed by atoms with Gasteiger partial charge in [0.2, 0.25) is 0 Å². The van der Waals surface area contributed by atoms with Gasteiger partial charge < -0.3 is 0 Å². The van der Waals surface area contributed by atoms with Crippen LogP contribution in [0.15, 0.2) is 0 Å². The van der Waals surface area contributed by atoms with Gasteiger partial charge in [0.15, 0.2) is 0 Å². The zero-order chi connectivity index (χ0) is 5.86.